The maximum Gasteiger partial charge on any atom is 0.0573 e. The summed E-state index contributed by atoms with van der Waals surface area (Å²) in [6.07, 6.45) is 3.60. The first-order valence-electron chi connectivity index (χ1n) is 4.88. The van der Waals surface area contributed by atoms with Crippen LogP contribution in [0.1, 0.15) is 39.5 Å². The molecule has 8 N–H and O–H groups in total. The summed E-state index contributed by atoms with van der Waals surface area (Å²) in [5.74, 6) is 0. The van der Waals surface area contributed by atoms with Crippen LogP contribution in [0.5, 0.6) is 0 Å². The lowest BCUT2D eigenvalue weighted by atomic mass is 9.84. The van der Waals surface area contributed by atoms with Crippen molar-refractivity contribution in [3.05, 3.63) is 0 Å². The van der Waals surface area contributed by atoms with E-state index in [1.54, 1.807) is 0 Å². The Bertz CT molecular complexity index is 132. The van der Waals surface area contributed by atoms with E-state index in [4.69, 9.17) is 22.9 Å². The van der Waals surface area contributed by atoms with Crippen LogP contribution in [0.25, 0.3) is 0 Å². The first-order chi connectivity index (χ1) is 5.86. The molecule has 4 nitrogen and oxygen atoms in total. The quantitative estimate of drug-likeness (QED) is 0.349. The van der Waals surface area contributed by atoms with Gasteiger partial charge in [-0.15, -0.1) is 0 Å². The molecule has 0 spiro atoms. The number of rotatable bonds is 6. The van der Waals surface area contributed by atoms with Crippen molar-refractivity contribution in [3.63, 3.8) is 0 Å². The van der Waals surface area contributed by atoms with E-state index in [-0.39, 0.29) is 17.7 Å². The highest BCUT2D eigenvalue weighted by Gasteiger charge is 2.22. The van der Waals surface area contributed by atoms with E-state index >= 15 is 0 Å². The molecule has 0 rings (SSSR count). The molecule has 0 saturated heterocycles. The Kier molecular flexibility index (Phi) is 5.48. The van der Waals surface area contributed by atoms with E-state index in [1.165, 1.54) is 0 Å². The summed E-state index contributed by atoms with van der Waals surface area (Å²) in [7, 11) is 0. The highest BCUT2D eigenvalue weighted by molar-refractivity contribution is 4.76. The van der Waals surface area contributed by atoms with Gasteiger partial charge in [-0.2, -0.15) is 0 Å². The van der Waals surface area contributed by atoms with Crippen molar-refractivity contribution in [2.24, 2.45) is 28.3 Å². The summed E-state index contributed by atoms with van der Waals surface area (Å²) in [6, 6.07) is 0. The molecule has 0 aromatic heterocycles. The van der Waals surface area contributed by atoms with Crippen molar-refractivity contribution >= 4 is 0 Å². The molecule has 0 aliphatic rings. The Hall–Kier alpha value is -0.160. The predicted molar refractivity (Wildman–Crippen MR) is 56.6 cm³/mol. The van der Waals surface area contributed by atoms with Gasteiger partial charge < -0.3 is 22.9 Å². The topological polar surface area (TPSA) is 104 Å². The summed E-state index contributed by atoms with van der Waals surface area (Å²) in [5.41, 5.74) is 22.2. The maximum absolute atomic E-state index is 5.64. The minimum absolute atomic E-state index is 0.0126. The molecule has 0 aliphatic carbocycles. The average Bonchev–Trinajstić information content (AvgIpc) is 1.97. The van der Waals surface area contributed by atoms with Crippen LogP contribution >= 0.6 is 0 Å². The second kappa shape index (κ2) is 5.54. The summed E-state index contributed by atoms with van der Waals surface area (Å²) >= 11 is 0. The van der Waals surface area contributed by atoms with E-state index < -0.39 is 0 Å². The first kappa shape index (κ1) is 12.8. The van der Waals surface area contributed by atoms with E-state index in [2.05, 4.69) is 13.8 Å². The third kappa shape index (κ3) is 5.99. The monoisotopic (exact) mass is 188 g/mol. The molecule has 0 unspecified atom stereocenters. The van der Waals surface area contributed by atoms with Crippen LogP contribution in [0.2, 0.25) is 0 Å². The fourth-order valence-electron chi connectivity index (χ4n) is 1.13. The van der Waals surface area contributed by atoms with Crippen LogP contribution in [-0.2, 0) is 0 Å². The molecule has 0 radical (unpaired) electrons. The molecule has 0 aromatic rings. The van der Waals surface area contributed by atoms with Gasteiger partial charge >= 0.3 is 0 Å². The summed E-state index contributed by atoms with van der Waals surface area (Å²) in [6.45, 7) is 4.17. The summed E-state index contributed by atoms with van der Waals surface area (Å²) < 4.78 is 0. The number of unbranched alkanes of at least 4 members (excludes halogenated alkanes) is 1. The van der Waals surface area contributed by atoms with Gasteiger partial charge in [0, 0.05) is 0 Å². The van der Waals surface area contributed by atoms with E-state index in [1.807, 2.05) is 0 Å². The van der Waals surface area contributed by atoms with Crippen molar-refractivity contribution < 1.29 is 0 Å². The molecule has 0 bridgehead atoms. The number of hydrogen-bond acceptors (Lipinski definition) is 4. The van der Waals surface area contributed by atoms with Crippen molar-refractivity contribution in [3.8, 4) is 0 Å². The first-order valence-corrected chi connectivity index (χ1v) is 4.88. The molecule has 13 heavy (non-hydrogen) atoms. The molecule has 4 heteroatoms. The molecular formula is C9H24N4. The smallest absolute Gasteiger partial charge is 0.0573 e. The van der Waals surface area contributed by atoms with Crippen LogP contribution in [0, 0.1) is 5.41 Å². The molecule has 0 aliphatic heterocycles. The van der Waals surface area contributed by atoms with Crippen molar-refractivity contribution in [2.75, 3.05) is 0 Å². The van der Waals surface area contributed by atoms with E-state index in [0.29, 0.717) is 0 Å². The third-order valence-corrected chi connectivity index (χ3v) is 2.51. The normalized spacial score (nSPS) is 12.9. The zero-order valence-corrected chi connectivity index (χ0v) is 8.79. The zero-order chi connectivity index (χ0) is 10.5. The van der Waals surface area contributed by atoms with Crippen LogP contribution < -0.4 is 22.9 Å². The standard InChI is InChI=1S/C9H24N4/c1-9(2,8(12)13)6-4-3-5-7(10)11/h7-8H,3-6,10-13H2,1-2H3. The van der Waals surface area contributed by atoms with Crippen molar-refractivity contribution in [2.45, 2.75) is 51.9 Å². The van der Waals surface area contributed by atoms with Gasteiger partial charge in [-0.3, -0.25) is 0 Å². The highest BCUT2D eigenvalue weighted by Crippen LogP contribution is 2.24. The summed E-state index contributed by atoms with van der Waals surface area (Å²) in [4.78, 5) is 0. The Labute approximate surface area is 81.0 Å². The van der Waals surface area contributed by atoms with Crippen LogP contribution in [0.3, 0.4) is 0 Å². The average molecular weight is 188 g/mol. The van der Waals surface area contributed by atoms with Gasteiger partial charge in [-0.25, -0.2) is 0 Å². The Morgan fingerprint density at radius 1 is 1.00 bits per heavy atom. The predicted octanol–water partition coefficient (Wildman–Crippen LogP) is 0.0600. The lowest BCUT2D eigenvalue weighted by Gasteiger charge is -2.28. The van der Waals surface area contributed by atoms with Gasteiger partial charge in [0.2, 0.25) is 0 Å². The zero-order valence-electron chi connectivity index (χ0n) is 8.79. The highest BCUT2D eigenvalue weighted by atomic mass is 14.9. The Morgan fingerprint density at radius 2 is 1.54 bits per heavy atom. The van der Waals surface area contributed by atoms with Gasteiger partial charge in [0.1, 0.15) is 0 Å². The minimum Gasteiger partial charge on any atom is -0.316 e. The van der Waals surface area contributed by atoms with Crippen LogP contribution in [-0.4, -0.2) is 12.3 Å². The third-order valence-electron chi connectivity index (χ3n) is 2.51. The largest absolute Gasteiger partial charge is 0.316 e. The molecule has 80 valence electrons. The number of hydrogen-bond donors (Lipinski definition) is 4. The minimum atomic E-state index is -0.251. The van der Waals surface area contributed by atoms with E-state index in [0.717, 1.165) is 25.7 Å². The fraction of sp³-hybridized carbons (Fsp3) is 1.00. The van der Waals surface area contributed by atoms with Crippen LogP contribution in [0.15, 0.2) is 0 Å². The van der Waals surface area contributed by atoms with E-state index in [9.17, 15) is 0 Å². The van der Waals surface area contributed by atoms with Gasteiger partial charge in [0.05, 0.1) is 12.3 Å². The molecule has 0 heterocycles. The Balaban J connectivity index is 3.52. The summed E-state index contributed by atoms with van der Waals surface area (Å²) in [5, 5.41) is 0. The second-order valence-electron chi connectivity index (χ2n) is 4.42. The molecule has 0 amide bonds. The molecule has 0 aromatic carbocycles. The fourth-order valence-corrected chi connectivity index (χ4v) is 1.13. The lowest BCUT2D eigenvalue weighted by molar-refractivity contribution is 0.256. The van der Waals surface area contributed by atoms with Gasteiger partial charge in [-0.1, -0.05) is 26.7 Å². The van der Waals surface area contributed by atoms with Crippen LogP contribution in [0.4, 0.5) is 0 Å². The lowest BCUT2D eigenvalue weighted by Crippen LogP contribution is -2.44. The molecule has 0 saturated carbocycles. The molecule has 0 atom stereocenters. The molecular weight excluding hydrogens is 164 g/mol. The number of nitrogens with two attached hydrogens (primary N) is 4. The van der Waals surface area contributed by atoms with Gasteiger partial charge in [0.15, 0.2) is 0 Å². The Morgan fingerprint density at radius 3 is 1.92 bits per heavy atom. The van der Waals surface area contributed by atoms with Gasteiger partial charge in [-0.05, 0) is 18.3 Å². The maximum atomic E-state index is 5.64. The SMILES string of the molecule is CC(C)(CCCCC(N)N)C(N)N. The van der Waals surface area contributed by atoms with Crippen molar-refractivity contribution in [1.82, 2.24) is 0 Å². The van der Waals surface area contributed by atoms with Gasteiger partial charge in [0.25, 0.3) is 0 Å². The second-order valence-corrected chi connectivity index (χ2v) is 4.42. The van der Waals surface area contributed by atoms with Crippen molar-refractivity contribution in [1.29, 1.82) is 0 Å². The molecule has 0 fully saturated rings.